The maximum absolute atomic E-state index is 11.6. The van der Waals surface area contributed by atoms with Crippen molar-refractivity contribution in [3.8, 4) is 0 Å². The highest BCUT2D eigenvalue weighted by Crippen LogP contribution is 2.41. The summed E-state index contributed by atoms with van der Waals surface area (Å²) in [6.07, 6.45) is 2.22. The number of nitrogens with zero attached hydrogens (tertiary/aromatic N) is 1. The van der Waals surface area contributed by atoms with Gasteiger partial charge in [-0.05, 0) is 38.8 Å². The first-order valence-corrected chi connectivity index (χ1v) is 6.75. The second kappa shape index (κ2) is 3.97. The summed E-state index contributed by atoms with van der Waals surface area (Å²) in [5, 5.41) is 3.12. The fourth-order valence-corrected chi connectivity index (χ4v) is 3.18. The van der Waals surface area contributed by atoms with E-state index in [2.05, 4.69) is 24.1 Å². The average Bonchev–Trinajstić information content (AvgIpc) is 2.81. The van der Waals surface area contributed by atoms with Gasteiger partial charge in [-0.3, -0.25) is 9.59 Å². The van der Waals surface area contributed by atoms with E-state index in [1.807, 2.05) is 6.07 Å². The highest BCUT2D eigenvalue weighted by molar-refractivity contribution is 6.52. The average molecular weight is 279 g/mol. The Morgan fingerprint density at radius 2 is 2.05 bits per heavy atom. The van der Waals surface area contributed by atoms with Gasteiger partial charge in [0.05, 0.1) is 22.0 Å². The van der Waals surface area contributed by atoms with Crippen molar-refractivity contribution in [2.45, 2.75) is 32.2 Å². The molecule has 2 aliphatic rings. The van der Waals surface area contributed by atoms with Crippen molar-refractivity contribution in [1.82, 2.24) is 0 Å². The number of carbonyl (C=O) groups excluding carboxylic acids is 2. The lowest BCUT2D eigenvalue weighted by molar-refractivity contribution is -0.112. The van der Waals surface area contributed by atoms with Crippen LogP contribution in [0.25, 0.3) is 0 Å². The van der Waals surface area contributed by atoms with E-state index in [0.29, 0.717) is 16.3 Å². The van der Waals surface area contributed by atoms with Gasteiger partial charge in [-0.1, -0.05) is 11.6 Å². The van der Waals surface area contributed by atoms with Gasteiger partial charge in [-0.25, -0.2) is 0 Å². The molecule has 0 radical (unpaired) electrons. The lowest BCUT2D eigenvalue weighted by atomic mass is 10.0. The summed E-state index contributed by atoms with van der Waals surface area (Å²) in [6, 6.07) is 3.41. The van der Waals surface area contributed by atoms with Gasteiger partial charge in [0.1, 0.15) is 0 Å². The van der Waals surface area contributed by atoms with Gasteiger partial charge in [0, 0.05) is 12.1 Å². The molecule has 1 aromatic carbocycles. The van der Waals surface area contributed by atoms with E-state index in [0.717, 1.165) is 25.1 Å². The molecule has 5 heteroatoms. The smallest absolute Gasteiger partial charge is 0.296 e. The molecule has 3 rings (SSSR count). The molecule has 0 saturated carbocycles. The summed E-state index contributed by atoms with van der Waals surface area (Å²) in [6.45, 7) is 5.29. The van der Waals surface area contributed by atoms with Crippen molar-refractivity contribution in [2.24, 2.45) is 0 Å². The number of fused-ring (bicyclic) bond motifs is 1. The maximum Gasteiger partial charge on any atom is 0.296 e. The Kier molecular flexibility index (Phi) is 2.61. The van der Waals surface area contributed by atoms with Gasteiger partial charge in [0.25, 0.3) is 11.7 Å². The number of Topliss-reactive ketones (excluding diaryl/α,β-unsaturated/α-hetero) is 1. The van der Waals surface area contributed by atoms with Crippen molar-refractivity contribution in [3.63, 3.8) is 0 Å². The Labute approximate surface area is 116 Å². The van der Waals surface area contributed by atoms with Crippen molar-refractivity contribution in [1.29, 1.82) is 0 Å². The van der Waals surface area contributed by atoms with Crippen LogP contribution < -0.4 is 10.2 Å². The Morgan fingerprint density at radius 3 is 2.68 bits per heavy atom. The van der Waals surface area contributed by atoms with Crippen LogP contribution in [0.5, 0.6) is 0 Å². The third kappa shape index (κ3) is 1.82. The summed E-state index contributed by atoms with van der Waals surface area (Å²) in [5.41, 5.74) is 1.87. The predicted molar refractivity (Wildman–Crippen MR) is 75.1 cm³/mol. The third-order valence-electron chi connectivity index (χ3n) is 3.98. The Hall–Kier alpha value is -1.55. The lowest BCUT2D eigenvalue weighted by Crippen LogP contribution is -2.38. The van der Waals surface area contributed by atoms with Crippen LogP contribution in [0.15, 0.2) is 12.1 Å². The van der Waals surface area contributed by atoms with Gasteiger partial charge in [-0.15, -0.1) is 0 Å². The molecule has 4 nitrogen and oxygen atoms in total. The molecule has 1 fully saturated rings. The first-order valence-electron chi connectivity index (χ1n) is 6.37. The van der Waals surface area contributed by atoms with Crippen molar-refractivity contribution >= 4 is 34.7 Å². The van der Waals surface area contributed by atoms with Crippen molar-refractivity contribution in [2.75, 3.05) is 16.8 Å². The maximum atomic E-state index is 11.6. The number of anilines is 2. The minimum Gasteiger partial charge on any atom is -0.365 e. The van der Waals surface area contributed by atoms with E-state index in [1.54, 1.807) is 6.07 Å². The number of ketones is 1. The molecule has 100 valence electrons. The van der Waals surface area contributed by atoms with Crippen LogP contribution in [0.3, 0.4) is 0 Å². The van der Waals surface area contributed by atoms with Crippen LogP contribution in [0, 0.1) is 0 Å². The molecule has 2 heterocycles. The molecule has 0 atom stereocenters. The van der Waals surface area contributed by atoms with E-state index >= 15 is 0 Å². The van der Waals surface area contributed by atoms with Crippen LogP contribution in [0.1, 0.15) is 37.0 Å². The van der Waals surface area contributed by atoms with E-state index in [9.17, 15) is 9.59 Å². The van der Waals surface area contributed by atoms with Gasteiger partial charge in [0.15, 0.2) is 0 Å². The van der Waals surface area contributed by atoms with Gasteiger partial charge < -0.3 is 10.2 Å². The Bertz CT molecular complexity index is 595. The van der Waals surface area contributed by atoms with Crippen LogP contribution in [-0.2, 0) is 4.79 Å². The zero-order chi connectivity index (χ0) is 13.8. The quantitative estimate of drug-likeness (QED) is 0.804. The Balaban J connectivity index is 2.08. The molecular formula is C14H15ClN2O2. The number of nitrogens with one attached hydrogen (secondary N) is 1. The van der Waals surface area contributed by atoms with Crippen LogP contribution in [-0.4, -0.2) is 23.8 Å². The van der Waals surface area contributed by atoms with E-state index in [-0.39, 0.29) is 5.54 Å². The fourth-order valence-electron chi connectivity index (χ4n) is 2.92. The molecule has 1 amide bonds. The summed E-state index contributed by atoms with van der Waals surface area (Å²) >= 11 is 6.30. The number of hydrogen-bond donors (Lipinski definition) is 1. The molecule has 1 N–H and O–H groups in total. The molecular weight excluding hydrogens is 264 g/mol. The van der Waals surface area contributed by atoms with E-state index < -0.39 is 11.7 Å². The third-order valence-corrected chi connectivity index (χ3v) is 4.28. The normalized spacial score (nSPS) is 20.7. The standard InChI is InChI=1S/C14H15ClN2O2/c1-14(2)4-3-5-17(14)11-7-10-8(6-9(11)15)12(18)13(19)16-10/h6-7H,3-5H2,1-2H3,(H,16,18,19). The zero-order valence-corrected chi connectivity index (χ0v) is 11.7. The van der Waals surface area contributed by atoms with E-state index in [4.69, 9.17) is 11.6 Å². The second-order valence-electron chi connectivity index (χ2n) is 5.70. The van der Waals surface area contributed by atoms with Gasteiger partial charge in [0.2, 0.25) is 0 Å². The first-order chi connectivity index (χ1) is 8.90. The molecule has 19 heavy (non-hydrogen) atoms. The first kappa shape index (κ1) is 12.5. The van der Waals surface area contributed by atoms with Crippen molar-refractivity contribution in [3.05, 3.63) is 22.7 Å². The summed E-state index contributed by atoms with van der Waals surface area (Å²) in [5.74, 6) is -1.09. The SMILES string of the molecule is CC1(C)CCCN1c1cc2c(cc1Cl)C(=O)C(=O)N2. The molecule has 1 saturated heterocycles. The number of benzene rings is 1. The summed E-state index contributed by atoms with van der Waals surface area (Å²) in [4.78, 5) is 25.2. The van der Waals surface area contributed by atoms with Crippen LogP contribution >= 0.6 is 11.6 Å². The number of halogens is 1. The molecule has 1 aromatic rings. The molecule has 0 unspecified atom stereocenters. The van der Waals surface area contributed by atoms with Gasteiger partial charge >= 0.3 is 0 Å². The number of carbonyl (C=O) groups is 2. The minimum absolute atomic E-state index is 0.0461. The fraction of sp³-hybridized carbons (Fsp3) is 0.429. The Morgan fingerprint density at radius 1 is 1.32 bits per heavy atom. The minimum atomic E-state index is -0.580. The number of rotatable bonds is 1. The van der Waals surface area contributed by atoms with Gasteiger partial charge in [-0.2, -0.15) is 0 Å². The summed E-state index contributed by atoms with van der Waals surface area (Å²) < 4.78 is 0. The lowest BCUT2D eigenvalue weighted by Gasteiger charge is -2.34. The molecule has 0 bridgehead atoms. The topological polar surface area (TPSA) is 49.4 Å². The highest BCUT2D eigenvalue weighted by atomic mass is 35.5. The summed E-state index contributed by atoms with van der Waals surface area (Å²) in [7, 11) is 0. The largest absolute Gasteiger partial charge is 0.365 e. The zero-order valence-electron chi connectivity index (χ0n) is 10.9. The van der Waals surface area contributed by atoms with E-state index in [1.165, 1.54) is 0 Å². The van der Waals surface area contributed by atoms with Crippen LogP contribution in [0.4, 0.5) is 11.4 Å². The molecule has 0 aliphatic carbocycles. The molecule has 2 aliphatic heterocycles. The highest BCUT2D eigenvalue weighted by Gasteiger charge is 2.35. The van der Waals surface area contributed by atoms with Crippen molar-refractivity contribution < 1.29 is 9.59 Å². The van der Waals surface area contributed by atoms with Crippen LogP contribution in [0.2, 0.25) is 5.02 Å². The number of hydrogen-bond acceptors (Lipinski definition) is 3. The predicted octanol–water partition coefficient (Wildman–Crippen LogP) is 2.85. The number of amides is 1. The second-order valence-corrected chi connectivity index (χ2v) is 6.11. The molecule has 0 spiro atoms. The monoisotopic (exact) mass is 278 g/mol. The molecule has 0 aromatic heterocycles.